The minimum Gasteiger partial charge on any atom is -0.372 e. The summed E-state index contributed by atoms with van der Waals surface area (Å²) < 4.78 is 1.87. The van der Waals surface area contributed by atoms with Gasteiger partial charge in [-0.05, 0) is 66.9 Å². The van der Waals surface area contributed by atoms with Crippen molar-refractivity contribution < 1.29 is 4.79 Å². The van der Waals surface area contributed by atoms with Crippen molar-refractivity contribution in [1.82, 2.24) is 15.0 Å². The van der Waals surface area contributed by atoms with E-state index < -0.39 is 0 Å². The Morgan fingerprint density at radius 1 is 0.844 bits per heavy atom. The predicted octanol–water partition coefficient (Wildman–Crippen LogP) is 5.11. The summed E-state index contributed by atoms with van der Waals surface area (Å²) in [6.07, 6.45) is 5.14. The Balaban J connectivity index is 1.22. The number of benzene rings is 3. The van der Waals surface area contributed by atoms with Gasteiger partial charge in [-0.2, -0.15) is 0 Å². The van der Waals surface area contributed by atoms with Crippen molar-refractivity contribution in [2.45, 2.75) is 32.2 Å². The van der Waals surface area contributed by atoms with E-state index in [1.54, 1.807) is 0 Å². The first-order valence-electron chi connectivity index (χ1n) is 11.3. The van der Waals surface area contributed by atoms with Crippen molar-refractivity contribution in [2.24, 2.45) is 0 Å². The van der Waals surface area contributed by atoms with Crippen molar-refractivity contribution in [3.8, 4) is 0 Å². The van der Waals surface area contributed by atoms with E-state index in [-0.39, 0.29) is 5.91 Å². The van der Waals surface area contributed by atoms with Crippen molar-refractivity contribution in [1.29, 1.82) is 0 Å². The lowest BCUT2D eigenvalue weighted by molar-refractivity contribution is 0.102. The highest BCUT2D eigenvalue weighted by Gasteiger charge is 2.11. The Morgan fingerprint density at radius 3 is 2.31 bits per heavy atom. The number of hydrogen-bond donors (Lipinski definition) is 1. The molecule has 1 aliphatic heterocycles. The molecule has 0 aliphatic carbocycles. The SMILES string of the molecule is O=C(Nc1ccc(N2CCCCCC2)cc1)c1ccc(Cn2nnc3ccccc32)cc1. The zero-order valence-corrected chi connectivity index (χ0v) is 18.1. The third-order valence-corrected chi connectivity index (χ3v) is 6.07. The summed E-state index contributed by atoms with van der Waals surface area (Å²) in [5.41, 5.74) is 5.62. The number of rotatable bonds is 5. The Kier molecular flexibility index (Phi) is 5.83. The van der Waals surface area contributed by atoms with Gasteiger partial charge in [-0.25, -0.2) is 4.68 Å². The first-order chi connectivity index (χ1) is 15.8. The molecule has 6 heteroatoms. The number of para-hydroxylation sites is 1. The van der Waals surface area contributed by atoms with Crippen molar-refractivity contribution in [2.75, 3.05) is 23.3 Å². The van der Waals surface area contributed by atoms with Gasteiger partial charge in [0.1, 0.15) is 5.52 Å². The molecule has 0 bridgehead atoms. The van der Waals surface area contributed by atoms with Gasteiger partial charge in [0.15, 0.2) is 0 Å². The molecule has 2 heterocycles. The van der Waals surface area contributed by atoms with Crippen LogP contribution >= 0.6 is 0 Å². The van der Waals surface area contributed by atoms with Gasteiger partial charge in [0, 0.05) is 30.0 Å². The van der Waals surface area contributed by atoms with E-state index in [9.17, 15) is 4.79 Å². The molecule has 0 unspecified atom stereocenters. The van der Waals surface area contributed by atoms with Gasteiger partial charge in [0.2, 0.25) is 0 Å². The maximum absolute atomic E-state index is 12.7. The first kappa shape index (κ1) is 20.2. The van der Waals surface area contributed by atoms with E-state index >= 15 is 0 Å². The standard InChI is InChI=1S/C26H27N5O/c32-26(27-22-13-15-23(16-14-22)30-17-5-1-2-6-18-30)21-11-9-20(10-12-21)19-31-25-8-4-3-7-24(25)28-29-31/h3-4,7-16H,1-2,5-6,17-19H2,(H,27,32). The fourth-order valence-electron chi connectivity index (χ4n) is 4.26. The molecule has 0 radical (unpaired) electrons. The van der Waals surface area contributed by atoms with Crippen LogP contribution in [0.4, 0.5) is 11.4 Å². The third-order valence-electron chi connectivity index (χ3n) is 6.07. The molecule has 4 aromatic rings. The molecule has 6 nitrogen and oxygen atoms in total. The Hall–Kier alpha value is -3.67. The molecule has 0 saturated carbocycles. The average molecular weight is 426 g/mol. The average Bonchev–Trinajstić information content (AvgIpc) is 3.04. The van der Waals surface area contributed by atoms with Gasteiger partial charge < -0.3 is 10.2 Å². The molecular formula is C26H27N5O. The second-order valence-electron chi connectivity index (χ2n) is 8.33. The molecule has 32 heavy (non-hydrogen) atoms. The van der Waals surface area contributed by atoms with E-state index in [4.69, 9.17) is 0 Å². The van der Waals surface area contributed by atoms with E-state index in [1.165, 1.54) is 31.4 Å². The highest BCUT2D eigenvalue weighted by atomic mass is 16.1. The zero-order chi connectivity index (χ0) is 21.8. The molecule has 162 valence electrons. The minimum absolute atomic E-state index is 0.106. The van der Waals surface area contributed by atoms with Gasteiger partial charge in [0.05, 0.1) is 12.1 Å². The van der Waals surface area contributed by atoms with Crippen LogP contribution in [0.5, 0.6) is 0 Å². The maximum atomic E-state index is 12.7. The number of nitrogens with one attached hydrogen (secondary N) is 1. The van der Waals surface area contributed by atoms with Crippen LogP contribution in [-0.2, 0) is 6.54 Å². The molecule has 1 saturated heterocycles. The summed E-state index contributed by atoms with van der Waals surface area (Å²) in [6, 6.07) is 23.7. The van der Waals surface area contributed by atoms with Crippen molar-refractivity contribution >= 4 is 28.3 Å². The van der Waals surface area contributed by atoms with Crippen LogP contribution in [-0.4, -0.2) is 34.0 Å². The molecule has 1 aliphatic rings. The summed E-state index contributed by atoms with van der Waals surface area (Å²) in [5.74, 6) is -0.106. The van der Waals surface area contributed by atoms with Crippen LogP contribution in [0, 0.1) is 0 Å². The molecule has 0 spiro atoms. The molecule has 5 rings (SSSR count). The van der Waals surface area contributed by atoms with E-state index in [0.717, 1.165) is 35.4 Å². The van der Waals surface area contributed by atoms with E-state index in [0.29, 0.717) is 12.1 Å². The summed E-state index contributed by atoms with van der Waals surface area (Å²) >= 11 is 0. The second-order valence-corrected chi connectivity index (χ2v) is 8.33. The normalized spacial score (nSPS) is 14.3. The van der Waals surface area contributed by atoms with Crippen LogP contribution in [0.2, 0.25) is 0 Å². The van der Waals surface area contributed by atoms with Gasteiger partial charge in [-0.1, -0.05) is 42.3 Å². The van der Waals surface area contributed by atoms with Crippen molar-refractivity contribution in [3.05, 3.63) is 83.9 Å². The summed E-state index contributed by atoms with van der Waals surface area (Å²) in [7, 11) is 0. The lowest BCUT2D eigenvalue weighted by Gasteiger charge is -2.22. The Morgan fingerprint density at radius 2 is 1.56 bits per heavy atom. The summed E-state index contributed by atoms with van der Waals surface area (Å²) in [5, 5.41) is 11.4. The fraction of sp³-hybridized carbons (Fsp3) is 0.269. The number of aromatic nitrogens is 3. The van der Waals surface area contributed by atoms with Gasteiger partial charge >= 0.3 is 0 Å². The number of carbonyl (C=O) groups excluding carboxylic acids is 1. The largest absolute Gasteiger partial charge is 0.372 e. The predicted molar refractivity (Wildman–Crippen MR) is 128 cm³/mol. The Labute approximate surface area is 187 Å². The topological polar surface area (TPSA) is 63.1 Å². The quantitative estimate of drug-likeness (QED) is 0.482. The van der Waals surface area contributed by atoms with Gasteiger partial charge in [0.25, 0.3) is 5.91 Å². The number of anilines is 2. The van der Waals surface area contributed by atoms with Gasteiger partial charge in [-0.15, -0.1) is 5.10 Å². The fourth-order valence-corrected chi connectivity index (χ4v) is 4.26. The first-order valence-corrected chi connectivity index (χ1v) is 11.3. The van der Waals surface area contributed by atoms with E-state index in [2.05, 4.69) is 32.7 Å². The number of nitrogens with zero attached hydrogens (tertiary/aromatic N) is 4. The Bertz CT molecular complexity index is 1190. The molecule has 3 aromatic carbocycles. The summed E-state index contributed by atoms with van der Waals surface area (Å²) in [6.45, 7) is 2.84. The molecule has 1 fully saturated rings. The number of amides is 1. The highest BCUT2D eigenvalue weighted by Crippen LogP contribution is 2.22. The number of hydrogen-bond acceptors (Lipinski definition) is 4. The monoisotopic (exact) mass is 425 g/mol. The lowest BCUT2D eigenvalue weighted by atomic mass is 10.1. The molecule has 1 N–H and O–H groups in total. The van der Waals surface area contributed by atoms with Crippen LogP contribution in [0.25, 0.3) is 11.0 Å². The van der Waals surface area contributed by atoms with E-state index in [1.807, 2.05) is 65.3 Å². The highest BCUT2D eigenvalue weighted by molar-refractivity contribution is 6.04. The minimum atomic E-state index is -0.106. The van der Waals surface area contributed by atoms with Crippen LogP contribution in [0.15, 0.2) is 72.8 Å². The zero-order valence-electron chi connectivity index (χ0n) is 18.1. The summed E-state index contributed by atoms with van der Waals surface area (Å²) in [4.78, 5) is 15.1. The lowest BCUT2D eigenvalue weighted by Crippen LogP contribution is -2.23. The van der Waals surface area contributed by atoms with Crippen molar-refractivity contribution in [3.63, 3.8) is 0 Å². The number of carbonyl (C=O) groups is 1. The third kappa shape index (κ3) is 4.49. The van der Waals surface area contributed by atoms with Gasteiger partial charge in [-0.3, -0.25) is 4.79 Å². The molecule has 1 amide bonds. The van der Waals surface area contributed by atoms with Crippen LogP contribution in [0.3, 0.4) is 0 Å². The van der Waals surface area contributed by atoms with Crippen LogP contribution < -0.4 is 10.2 Å². The second kappa shape index (κ2) is 9.22. The maximum Gasteiger partial charge on any atom is 0.255 e. The smallest absolute Gasteiger partial charge is 0.255 e. The molecular weight excluding hydrogens is 398 g/mol. The molecule has 1 aromatic heterocycles. The number of fused-ring (bicyclic) bond motifs is 1. The van der Waals surface area contributed by atoms with Crippen LogP contribution in [0.1, 0.15) is 41.6 Å². The molecule has 0 atom stereocenters.